The van der Waals surface area contributed by atoms with Gasteiger partial charge in [0.1, 0.15) is 0 Å². The van der Waals surface area contributed by atoms with Gasteiger partial charge in [0.15, 0.2) is 0 Å². The molecule has 2 aliphatic carbocycles. The van der Waals surface area contributed by atoms with Crippen molar-refractivity contribution < 1.29 is 4.92 Å². The summed E-state index contributed by atoms with van der Waals surface area (Å²) in [4.78, 5) is 10.2. The molecule has 2 rings (SSSR count). The number of nitrogens with zero attached hydrogens (tertiary/aromatic N) is 1. The number of hydrogen-bond donors (Lipinski definition) is 0. The van der Waals surface area contributed by atoms with E-state index < -0.39 is 0 Å². The predicted molar refractivity (Wildman–Crippen MR) is 49.6 cm³/mol. The van der Waals surface area contributed by atoms with Gasteiger partial charge in [0.25, 0.3) is 5.70 Å². The normalized spacial score (nSPS) is 30.9. The summed E-state index contributed by atoms with van der Waals surface area (Å²) in [5, 5.41) is 10.5. The Balaban J connectivity index is 2.24. The standard InChI is InChI=1S/C10H11NO2/c12-11(13)10-6-5-8-3-1-2-4-9(8)7-10/h2,4-9H,1,3H2. The topological polar surface area (TPSA) is 43.1 Å². The van der Waals surface area contributed by atoms with E-state index >= 15 is 0 Å². The lowest BCUT2D eigenvalue weighted by Crippen LogP contribution is -2.16. The lowest BCUT2D eigenvalue weighted by atomic mass is 9.81. The third-order valence-corrected chi connectivity index (χ3v) is 2.61. The zero-order chi connectivity index (χ0) is 9.26. The molecular weight excluding hydrogens is 166 g/mol. The van der Waals surface area contributed by atoms with Crippen molar-refractivity contribution in [2.45, 2.75) is 12.8 Å². The first-order chi connectivity index (χ1) is 6.27. The summed E-state index contributed by atoms with van der Waals surface area (Å²) in [5.74, 6) is 0.729. The average molecular weight is 177 g/mol. The van der Waals surface area contributed by atoms with Crippen LogP contribution in [-0.2, 0) is 0 Å². The molecule has 3 nitrogen and oxygen atoms in total. The van der Waals surface area contributed by atoms with Crippen molar-refractivity contribution in [1.29, 1.82) is 0 Å². The minimum absolute atomic E-state index is 0.229. The monoisotopic (exact) mass is 177 g/mol. The number of fused-ring (bicyclic) bond motifs is 1. The molecule has 0 aromatic carbocycles. The molecule has 2 aliphatic rings. The highest BCUT2D eigenvalue weighted by Crippen LogP contribution is 2.31. The molecule has 0 amide bonds. The molecule has 0 fully saturated rings. The van der Waals surface area contributed by atoms with E-state index in [9.17, 15) is 10.1 Å². The van der Waals surface area contributed by atoms with Crippen LogP contribution in [0, 0.1) is 22.0 Å². The van der Waals surface area contributed by atoms with Gasteiger partial charge >= 0.3 is 0 Å². The van der Waals surface area contributed by atoms with Crippen LogP contribution in [0.2, 0.25) is 0 Å². The lowest BCUT2D eigenvalue weighted by Gasteiger charge is -2.23. The molecule has 3 heteroatoms. The van der Waals surface area contributed by atoms with Crippen LogP contribution in [0.25, 0.3) is 0 Å². The van der Waals surface area contributed by atoms with Gasteiger partial charge in [-0.15, -0.1) is 0 Å². The molecule has 0 saturated heterocycles. The molecule has 13 heavy (non-hydrogen) atoms. The van der Waals surface area contributed by atoms with Gasteiger partial charge in [0.05, 0.1) is 4.92 Å². The van der Waals surface area contributed by atoms with E-state index in [2.05, 4.69) is 12.2 Å². The van der Waals surface area contributed by atoms with Crippen molar-refractivity contribution >= 4 is 0 Å². The maximum absolute atomic E-state index is 10.5. The van der Waals surface area contributed by atoms with Crippen molar-refractivity contribution in [2.24, 2.45) is 11.8 Å². The largest absolute Gasteiger partial charge is 0.265 e. The number of rotatable bonds is 1. The molecule has 0 aromatic rings. The zero-order valence-electron chi connectivity index (χ0n) is 7.22. The summed E-state index contributed by atoms with van der Waals surface area (Å²) in [6, 6.07) is 0. The Kier molecular flexibility index (Phi) is 2.00. The second kappa shape index (κ2) is 3.17. The number of nitro groups is 1. The summed E-state index contributed by atoms with van der Waals surface area (Å²) in [5.41, 5.74) is 0.229. The van der Waals surface area contributed by atoms with E-state index in [4.69, 9.17) is 0 Å². The summed E-state index contributed by atoms with van der Waals surface area (Å²) in [7, 11) is 0. The Morgan fingerprint density at radius 3 is 3.08 bits per heavy atom. The van der Waals surface area contributed by atoms with Crippen LogP contribution in [0.1, 0.15) is 12.8 Å². The summed E-state index contributed by atoms with van der Waals surface area (Å²) < 4.78 is 0. The van der Waals surface area contributed by atoms with Crippen LogP contribution in [0.4, 0.5) is 0 Å². The zero-order valence-corrected chi connectivity index (χ0v) is 7.22. The fourth-order valence-electron chi connectivity index (χ4n) is 1.88. The van der Waals surface area contributed by atoms with Gasteiger partial charge in [-0.25, -0.2) is 0 Å². The maximum Gasteiger partial charge on any atom is 0.265 e. The lowest BCUT2D eigenvalue weighted by molar-refractivity contribution is -0.419. The van der Waals surface area contributed by atoms with Gasteiger partial charge in [-0.2, -0.15) is 0 Å². The smallest absolute Gasteiger partial charge is 0.258 e. The number of allylic oxidation sites excluding steroid dienone is 5. The first-order valence-corrected chi connectivity index (χ1v) is 4.48. The molecule has 68 valence electrons. The second-order valence-corrected chi connectivity index (χ2v) is 3.45. The van der Waals surface area contributed by atoms with Crippen LogP contribution in [0.15, 0.2) is 36.1 Å². The van der Waals surface area contributed by atoms with Crippen molar-refractivity contribution in [3.8, 4) is 0 Å². The minimum Gasteiger partial charge on any atom is -0.258 e. The first kappa shape index (κ1) is 8.23. The third-order valence-electron chi connectivity index (χ3n) is 2.61. The van der Waals surface area contributed by atoms with E-state index in [0.29, 0.717) is 5.92 Å². The highest BCUT2D eigenvalue weighted by atomic mass is 16.6. The third kappa shape index (κ3) is 1.54. The quantitative estimate of drug-likeness (QED) is 0.350. The van der Waals surface area contributed by atoms with Crippen LogP contribution < -0.4 is 0 Å². The second-order valence-electron chi connectivity index (χ2n) is 3.45. The van der Waals surface area contributed by atoms with E-state index in [1.807, 2.05) is 6.08 Å². The van der Waals surface area contributed by atoms with Crippen LogP contribution in [0.5, 0.6) is 0 Å². The molecule has 2 atom stereocenters. The van der Waals surface area contributed by atoms with Crippen molar-refractivity contribution in [2.75, 3.05) is 0 Å². The Morgan fingerprint density at radius 1 is 1.46 bits per heavy atom. The van der Waals surface area contributed by atoms with Gasteiger partial charge in [0, 0.05) is 18.1 Å². The van der Waals surface area contributed by atoms with Gasteiger partial charge in [0.2, 0.25) is 0 Å². The number of hydrogen-bond acceptors (Lipinski definition) is 2. The van der Waals surface area contributed by atoms with Crippen molar-refractivity contribution in [3.63, 3.8) is 0 Å². The maximum atomic E-state index is 10.5. The van der Waals surface area contributed by atoms with E-state index in [1.54, 1.807) is 12.2 Å². The summed E-state index contributed by atoms with van der Waals surface area (Å²) in [6.07, 6.45) is 11.7. The van der Waals surface area contributed by atoms with Crippen LogP contribution in [-0.4, -0.2) is 4.92 Å². The molecule has 0 N–H and O–H groups in total. The van der Waals surface area contributed by atoms with Gasteiger partial charge < -0.3 is 0 Å². The minimum atomic E-state index is -0.324. The molecule has 0 saturated carbocycles. The highest BCUT2D eigenvalue weighted by Gasteiger charge is 2.24. The Hall–Kier alpha value is -1.38. The van der Waals surface area contributed by atoms with E-state index in [1.165, 1.54) is 0 Å². The van der Waals surface area contributed by atoms with Crippen LogP contribution >= 0.6 is 0 Å². The average Bonchev–Trinajstić information content (AvgIpc) is 2.17. The van der Waals surface area contributed by atoms with Gasteiger partial charge in [-0.1, -0.05) is 18.2 Å². The fraction of sp³-hybridized carbons (Fsp3) is 0.400. The molecule has 0 aliphatic heterocycles. The first-order valence-electron chi connectivity index (χ1n) is 4.48. The van der Waals surface area contributed by atoms with E-state index in [-0.39, 0.29) is 16.5 Å². The Labute approximate surface area is 76.6 Å². The highest BCUT2D eigenvalue weighted by molar-refractivity contribution is 5.24. The summed E-state index contributed by atoms with van der Waals surface area (Å²) >= 11 is 0. The van der Waals surface area contributed by atoms with Gasteiger partial charge in [-0.05, 0) is 18.8 Å². The molecular formula is C10H11NO2. The molecule has 2 unspecified atom stereocenters. The molecule has 0 heterocycles. The molecule has 0 bridgehead atoms. The fourth-order valence-corrected chi connectivity index (χ4v) is 1.88. The Morgan fingerprint density at radius 2 is 2.31 bits per heavy atom. The molecule has 0 aromatic heterocycles. The summed E-state index contributed by atoms with van der Waals surface area (Å²) in [6.45, 7) is 0. The Bertz CT molecular complexity index is 315. The van der Waals surface area contributed by atoms with Gasteiger partial charge in [-0.3, -0.25) is 10.1 Å². The predicted octanol–water partition coefficient (Wildman–Crippen LogP) is 2.30. The SMILES string of the molecule is O=[N+]([O-])C1=CC2C=CCCC2C=C1. The van der Waals surface area contributed by atoms with E-state index in [0.717, 1.165) is 12.8 Å². The van der Waals surface area contributed by atoms with Crippen LogP contribution in [0.3, 0.4) is 0 Å². The molecule has 0 spiro atoms. The molecule has 0 radical (unpaired) electrons. The van der Waals surface area contributed by atoms with Crippen molar-refractivity contribution in [1.82, 2.24) is 0 Å². The van der Waals surface area contributed by atoms with Crippen molar-refractivity contribution in [3.05, 3.63) is 46.2 Å².